The van der Waals surface area contributed by atoms with Crippen molar-refractivity contribution in [3.05, 3.63) is 51.7 Å². The van der Waals surface area contributed by atoms with Crippen LogP contribution in [0.2, 0.25) is 0 Å². The number of carbonyl (C=O) groups excluding carboxylic acids is 2. The Morgan fingerprint density at radius 3 is 2.77 bits per heavy atom. The van der Waals surface area contributed by atoms with E-state index in [1.54, 1.807) is 16.2 Å². The van der Waals surface area contributed by atoms with Crippen molar-refractivity contribution in [2.24, 2.45) is 0 Å². The molecule has 1 saturated heterocycles. The number of amides is 3. The molecule has 190 valence electrons. The zero-order chi connectivity index (χ0) is 25.0. The van der Waals surface area contributed by atoms with Gasteiger partial charge in [0.05, 0.1) is 12.1 Å². The Morgan fingerprint density at radius 2 is 2.06 bits per heavy atom. The van der Waals surface area contributed by atoms with Crippen molar-refractivity contribution in [3.63, 3.8) is 0 Å². The van der Waals surface area contributed by atoms with E-state index in [-0.39, 0.29) is 30.6 Å². The number of para-hydroxylation sites is 1. The van der Waals surface area contributed by atoms with Gasteiger partial charge in [0.2, 0.25) is 5.91 Å². The molecule has 0 aliphatic carbocycles. The number of nitrogens with one attached hydrogen (secondary N) is 1. The molecule has 3 amide bonds. The van der Waals surface area contributed by atoms with E-state index in [1.807, 2.05) is 56.9 Å². The lowest BCUT2D eigenvalue weighted by atomic mass is 10.00. The minimum Gasteiger partial charge on any atom is -0.491 e. The molecule has 2 aromatic rings. The number of benzene rings is 1. The number of thiophene rings is 1. The van der Waals surface area contributed by atoms with Crippen molar-refractivity contribution < 1.29 is 19.1 Å². The van der Waals surface area contributed by atoms with Crippen molar-refractivity contribution in [3.8, 4) is 5.75 Å². The standard InChI is InChI=1S/C27H37N3O4S/c1-19-8-5-6-10-23(19)34-18-22-21-12-15-35-24(21)11-13-30(22)25(31)17-29(16-20-9-7-14-33-20)26(32)28-27(2,3)4/h5-6,8,10,12,15,20,22H,7,9,11,13-14,16-18H2,1-4H3,(H,28,32)/t20-,22+/m1/s1. The summed E-state index contributed by atoms with van der Waals surface area (Å²) in [5.41, 5.74) is 1.82. The highest BCUT2D eigenvalue weighted by atomic mass is 32.1. The Labute approximate surface area is 212 Å². The van der Waals surface area contributed by atoms with E-state index in [1.165, 1.54) is 4.88 Å². The van der Waals surface area contributed by atoms with Crippen LogP contribution in [-0.2, 0) is 16.0 Å². The lowest BCUT2D eigenvalue weighted by molar-refractivity contribution is -0.135. The zero-order valence-electron chi connectivity index (χ0n) is 21.2. The number of urea groups is 1. The summed E-state index contributed by atoms with van der Waals surface area (Å²) in [7, 11) is 0. The summed E-state index contributed by atoms with van der Waals surface area (Å²) in [6.07, 6.45) is 2.68. The average molecular weight is 500 g/mol. The summed E-state index contributed by atoms with van der Waals surface area (Å²) in [6.45, 7) is 9.97. The maximum absolute atomic E-state index is 13.7. The Morgan fingerprint density at radius 1 is 1.26 bits per heavy atom. The van der Waals surface area contributed by atoms with Crippen molar-refractivity contribution in [2.75, 3.05) is 32.8 Å². The number of hydrogen-bond acceptors (Lipinski definition) is 5. The Bertz CT molecular complexity index is 1030. The van der Waals surface area contributed by atoms with Crippen LogP contribution in [0.15, 0.2) is 35.7 Å². The smallest absolute Gasteiger partial charge is 0.318 e. The molecule has 0 saturated carbocycles. The van der Waals surface area contributed by atoms with Gasteiger partial charge in [-0.25, -0.2) is 4.79 Å². The summed E-state index contributed by atoms with van der Waals surface area (Å²) in [4.78, 5) is 31.6. The molecule has 8 heteroatoms. The predicted octanol–water partition coefficient (Wildman–Crippen LogP) is 4.55. The summed E-state index contributed by atoms with van der Waals surface area (Å²) in [5.74, 6) is 0.758. The molecule has 0 unspecified atom stereocenters. The summed E-state index contributed by atoms with van der Waals surface area (Å²) >= 11 is 1.73. The van der Waals surface area contributed by atoms with Crippen molar-refractivity contribution in [2.45, 2.75) is 64.6 Å². The number of carbonyl (C=O) groups is 2. The van der Waals surface area contributed by atoms with Gasteiger partial charge in [-0.3, -0.25) is 4.79 Å². The van der Waals surface area contributed by atoms with E-state index in [0.29, 0.717) is 26.3 Å². The minimum atomic E-state index is -0.393. The molecule has 0 spiro atoms. The van der Waals surface area contributed by atoms with Gasteiger partial charge in [-0.2, -0.15) is 0 Å². The first-order valence-electron chi connectivity index (χ1n) is 12.4. The molecular formula is C27H37N3O4S. The zero-order valence-corrected chi connectivity index (χ0v) is 22.0. The third-order valence-corrected chi connectivity index (χ3v) is 7.45. The number of hydrogen-bond donors (Lipinski definition) is 1. The van der Waals surface area contributed by atoms with Crippen LogP contribution in [0.4, 0.5) is 4.79 Å². The molecular weight excluding hydrogens is 462 g/mol. The van der Waals surface area contributed by atoms with E-state index in [0.717, 1.165) is 36.1 Å². The monoisotopic (exact) mass is 499 g/mol. The number of nitrogens with zero attached hydrogens (tertiary/aromatic N) is 2. The molecule has 2 atom stereocenters. The molecule has 1 N–H and O–H groups in total. The summed E-state index contributed by atoms with van der Waals surface area (Å²) in [5, 5.41) is 5.10. The van der Waals surface area contributed by atoms with Gasteiger partial charge < -0.3 is 24.6 Å². The molecule has 0 radical (unpaired) electrons. The van der Waals surface area contributed by atoms with Gasteiger partial charge in [-0.1, -0.05) is 18.2 Å². The number of fused-ring (bicyclic) bond motifs is 1. The maximum atomic E-state index is 13.7. The number of aryl methyl sites for hydroxylation is 1. The Hall–Kier alpha value is -2.58. The molecule has 0 bridgehead atoms. The maximum Gasteiger partial charge on any atom is 0.318 e. The lowest BCUT2D eigenvalue weighted by Crippen LogP contribution is -2.54. The first-order chi connectivity index (χ1) is 16.7. The van der Waals surface area contributed by atoms with Crippen LogP contribution >= 0.6 is 11.3 Å². The molecule has 4 rings (SSSR count). The fourth-order valence-corrected chi connectivity index (χ4v) is 5.60. The number of rotatable bonds is 7. The third-order valence-electron chi connectivity index (χ3n) is 6.45. The molecule has 1 aromatic heterocycles. The normalized spacial score (nSPS) is 19.8. The van der Waals surface area contributed by atoms with Crippen LogP contribution in [0.5, 0.6) is 5.75 Å². The molecule has 3 heterocycles. The topological polar surface area (TPSA) is 71.1 Å². The second kappa shape index (κ2) is 11.0. The van der Waals surface area contributed by atoms with Gasteiger partial charge in [0.1, 0.15) is 18.9 Å². The lowest BCUT2D eigenvalue weighted by Gasteiger charge is -2.37. The second-order valence-corrected chi connectivity index (χ2v) is 11.4. The highest BCUT2D eigenvalue weighted by Gasteiger charge is 2.35. The van der Waals surface area contributed by atoms with Gasteiger partial charge in [0.25, 0.3) is 0 Å². The third kappa shape index (κ3) is 6.55. The van der Waals surface area contributed by atoms with Crippen LogP contribution in [0, 0.1) is 6.92 Å². The fraction of sp³-hybridized carbons (Fsp3) is 0.556. The van der Waals surface area contributed by atoms with Crippen LogP contribution < -0.4 is 10.1 Å². The van der Waals surface area contributed by atoms with Crippen molar-refractivity contribution >= 4 is 23.3 Å². The highest BCUT2D eigenvalue weighted by Crippen LogP contribution is 2.34. The van der Waals surface area contributed by atoms with Crippen molar-refractivity contribution in [1.29, 1.82) is 0 Å². The predicted molar refractivity (Wildman–Crippen MR) is 138 cm³/mol. The fourth-order valence-electron chi connectivity index (χ4n) is 4.67. The largest absolute Gasteiger partial charge is 0.491 e. The molecule has 2 aliphatic rings. The molecule has 1 fully saturated rings. The van der Waals surface area contributed by atoms with Gasteiger partial charge in [-0.05, 0) is 75.6 Å². The van der Waals surface area contributed by atoms with E-state index in [2.05, 4.69) is 16.8 Å². The quantitative estimate of drug-likeness (QED) is 0.607. The van der Waals surface area contributed by atoms with Crippen LogP contribution in [-0.4, -0.2) is 66.2 Å². The molecule has 35 heavy (non-hydrogen) atoms. The highest BCUT2D eigenvalue weighted by molar-refractivity contribution is 7.10. The Balaban J connectivity index is 1.51. The molecule has 2 aliphatic heterocycles. The number of ether oxygens (including phenoxy) is 2. The summed E-state index contributed by atoms with van der Waals surface area (Å²) in [6, 6.07) is 9.60. The van der Waals surface area contributed by atoms with Crippen molar-refractivity contribution in [1.82, 2.24) is 15.1 Å². The van der Waals surface area contributed by atoms with Crippen LogP contribution in [0.1, 0.15) is 55.7 Å². The van der Waals surface area contributed by atoms with E-state index in [9.17, 15) is 9.59 Å². The SMILES string of the molecule is Cc1ccccc1OC[C@H]1c2ccsc2CCN1C(=O)CN(C[C@H]1CCCO1)C(=O)NC(C)(C)C. The van der Waals surface area contributed by atoms with Gasteiger partial charge in [-0.15, -0.1) is 11.3 Å². The second-order valence-electron chi connectivity index (χ2n) is 10.4. The average Bonchev–Trinajstić information content (AvgIpc) is 3.48. The minimum absolute atomic E-state index is 0.0160. The van der Waals surface area contributed by atoms with Crippen LogP contribution in [0.25, 0.3) is 0 Å². The van der Waals surface area contributed by atoms with Crippen LogP contribution in [0.3, 0.4) is 0 Å². The van der Waals surface area contributed by atoms with Gasteiger partial charge >= 0.3 is 6.03 Å². The molecule has 1 aromatic carbocycles. The summed E-state index contributed by atoms with van der Waals surface area (Å²) < 4.78 is 12.0. The Kier molecular flexibility index (Phi) is 8.02. The first kappa shape index (κ1) is 25.5. The van der Waals surface area contributed by atoms with E-state index in [4.69, 9.17) is 9.47 Å². The molecule has 7 nitrogen and oxygen atoms in total. The van der Waals surface area contributed by atoms with Gasteiger partial charge in [0, 0.05) is 30.1 Å². The van der Waals surface area contributed by atoms with E-state index >= 15 is 0 Å². The first-order valence-corrected chi connectivity index (χ1v) is 13.3. The van der Waals surface area contributed by atoms with E-state index < -0.39 is 5.54 Å². The van der Waals surface area contributed by atoms with Gasteiger partial charge in [0.15, 0.2) is 0 Å².